The molecule has 2 heterocycles. The van der Waals surface area contributed by atoms with Crippen molar-refractivity contribution in [3.63, 3.8) is 0 Å². The van der Waals surface area contributed by atoms with Gasteiger partial charge < -0.3 is 11.1 Å². The van der Waals surface area contributed by atoms with Crippen molar-refractivity contribution >= 4 is 28.2 Å². The zero-order valence-electron chi connectivity index (χ0n) is 16.9. The first-order valence-electron chi connectivity index (χ1n) is 9.43. The lowest BCUT2D eigenvalue weighted by Crippen LogP contribution is -2.02. The number of allylic oxidation sites excluding steroid dienone is 10. The normalized spacial score (nSPS) is 16.5. The molecule has 2 aromatic rings. The van der Waals surface area contributed by atoms with E-state index >= 15 is 0 Å². The third-order valence-electron chi connectivity index (χ3n) is 3.93. The number of rotatable bonds is 5. The number of nitrogens with zero attached hydrogens (tertiary/aromatic N) is 3. The van der Waals surface area contributed by atoms with Gasteiger partial charge in [-0.25, -0.2) is 9.97 Å². The van der Waals surface area contributed by atoms with Crippen LogP contribution in [0.1, 0.15) is 33.5 Å². The van der Waals surface area contributed by atoms with Gasteiger partial charge in [0, 0.05) is 11.3 Å². The molecule has 4 N–H and O–H groups in total. The predicted octanol–water partition coefficient (Wildman–Crippen LogP) is 5.16. The molecule has 1 unspecified atom stereocenters. The first-order chi connectivity index (χ1) is 13.6. The lowest BCUT2D eigenvalue weighted by molar-refractivity contribution is 0.942. The summed E-state index contributed by atoms with van der Waals surface area (Å²) < 4.78 is 0. The van der Waals surface area contributed by atoms with Crippen LogP contribution in [0.2, 0.25) is 0 Å². The van der Waals surface area contributed by atoms with Gasteiger partial charge in [-0.2, -0.15) is 5.10 Å². The average Bonchev–Trinajstić information content (AvgIpc) is 2.99. The minimum absolute atomic E-state index is 0.367. The Morgan fingerprint density at radius 1 is 1.29 bits per heavy atom. The van der Waals surface area contributed by atoms with E-state index in [4.69, 9.17) is 5.73 Å². The maximum Gasteiger partial charge on any atom is 0.188 e. The lowest BCUT2D eigenvalue weighted by Gasteiger charge is -2.06. The van der Waals surface area contributed by atoms with Crippen molar-refractivity contribution in [1.82, 2.24) is 20.2 Å². The fraction of sp³-hybridized carbons (Fsp3) is 0.227. The second-order valence-electron chi connectivity index (χ2n) is 5.93. The van der Waals surface area contributed by atoms with E-state index in [0.29, 0.717) is 34.4 Å². The summed E-state index contributed by atoms with van der Waals surface area (Å²) in [5.41, 5.74) is 8.44. The molecule has 6 nitrogen and oxygen atoms in total. The summed E-state index contributed by atoms with van der Waals surface area (Å²) in [6.45, 7) is 11.9. The van der Waals surface area contributed by atoms with Crippen molar-refractivity contribution in [3.8, 4) is 0 Å². The summed E-state index contributed by atoms with van der Waals surface area (Å²) in [5.74, 6) is 1.92. The Hall–Kier alpha value is -3.41. The molecule has 0 aliphatic heterocycles. The molecule has 146 valence electrons. The molecule has 6 heteroatoms. The predicted molar refractivity (Wildman–Crippen MR) is 120 cm³/mol. The van der Waals surface area contributed by atoms with Gasteiger partial charge >= 0.3 is 0 Å². The van der Waals surface area contributed by atoms with E-state index in [1.807, 2.05) is 57.2 Å². The van der Waals surface area contributed by atoms with Crippen molar-refractivity contribution in [2.75, 3.05) is 11.1 Å². The van der Waals surface area contributed by atoms with Gasteiger partial charge in [0.25, 0.3) is 0 Å². The van der Waals surface area contributed by atoms with E-state index < -0.39 is 0 Å². The van der Waals surface area contributed by atoms with Gasteiger partial charge in [-0.3, -0.25) is 5.10 Å². The van der Waals surface area contributed by atoms with E-state index in [-0.39, 0.29) is 0 Å². The number of hydrogen-bond donors (Lipinski definition) is 3. The number of aromatic nitrogens is 4. The zero-order valence-corrected chi connectivity index (χ0v) is 16.9. The van der Waals surface area contributed by atoms with Crippen molar-refractivity contribution in [1.29, 1.82) is 0 Å². The molecule has 28 heavy (non-hydrogen) atoms. The number of anilines is 2. The number of hydrogen-bond acceptors (Lipinski definition) is 5. The topological polar surface area (TPSA) is 92.5 Å². The Bertz CT molecular complexity index is 972. The molecule has 1 atom stereocenters. The summed E-state index contributed by atoms with van der Waals surface area (Å²) in [5, 5.41) is 11.1. The quantitative estimate of drug-likeness (QED) is 0.626. The highest BCUT2D eigenvalue weighted by atomic mass is 15.2. The van der Waals surface area contributed by atoms with E-state index in [1.165, 1.54) is 0 Å². The molecule has 1 aliphatic carbocycles. The molecule has 0 saturated carbocycles. The largest absolute Gasteiger partial charge is 0.383 e. The minimum atomic E-state index is 0.367. The van der Waals surface area contributed by atoms with Gasteiger partial charge in [0.1, 0.15) is 17.0 Å². The Morgan fingerprint density at radius 2 is 2.07 bits per heavy atom. The number of H-pyrrole nitrogens is 1. The van der Waals surface area contributed by atoms with E-state index in [1.54, 1.807) is 6.08 Å². The maximum atomic E-state index is 6.21. The highest BCUT2D eigenvalue weighted by molar-refractivity contribution is 5.97. The number of fused-ring (bicyclic) bond motifs is 1. The van der Waals surface area contributed by atoms with Crippen LogP contribution >= 0.6 is 0 Å². The minimum Gasteiger partial charge on any atom is -0.383 e. The van der Waals surface area contributed by atoms with Crippen LogP contribution in [0, 0.1) is 5.92 Å². The Kier molecular flexibility index (Phi) is 7.51. The summed E-state index contributed by atoms with van der Waals surface area (Å²) in [6.07, 6.45) is 17.7. The molecule has 0 bridgehead atoms. The van der Waals surface area contributed by atoms with Gasteiger partial charge in [-0.05, 0) is 25.0 Å². The number of nitrogen functional groups attached to an aromatic ring is 1. The third kappa shape index (κ3) is 4.85. The Morgan fingerprint density at radius 3 is 2.79 bits per heavy atom. The smallest absolute Gasteiger partial charge is 0.188 e. The second kappa shape index (κ2) is 10.1. The van der Waals surface area contributed by atoms with Crippen molar-refractivity contribution in [2.45, 2.75) is 27.7 Å². The Labute approximate surface area is 166 Å². The molecule has 0 radical (unpaired) electrons. The maximum absolute atomic E-state index is 6.21. The summed E-state index contributed by atoms with van der Waals surface area (Å²) in [4.78, 5) is 9.03. The van der Waals surface area contributed by atoms with Crippen LogP contribution in [0.5, 0.6) is 0 Å². The number of aromatic amines is 1. The number of nitrogens with two attached hydrogens (primary N) is 1. The fourth-order valence-corrected chi connectivity index (χ4v) is 2.53. The fourth-order valence-electron chi connectivity index (χ4n) is 2.53. The van der Waals surface area contributed by atoms with Crippen molar-refractivity contribution < 1.29 is 0 Å². The van der Waals surface area contributed by atoms with Gasteiger partial charge in [0.05, 0.1) is 0 Å². The van der Waals surface area contributed by atoms with Crippen LogP contribution in [-0.4, -0.2) is 20.2 Å². The molecule has 0 spiro atoms. The molecule has 0 aromatic carbocycles. The van der Waals surface area contributed by atoms with E-state index in [9.17, 15) is 0 Å². The molecular formula is C22H28N6. The van der Waals surface area contributed by atoms with Crippen LogP contribution in [-0.2, 0) is 0 Å². The van der Waals surface area contributed by atoms with Crippen molar-refractivity contribution in [3.05, 3.63) is 72.8 Å². The third-order valence-corrected chi connectivity index (χ3v) is 3.93. The highest BCUT2D eigenvalue weighted by Gasteiger charge is 2.15. The zero-order chi connectivity index (χ0) is 20.5. The molecular weight excluding hydrogens is 348 g/mol. The molecule has 3 rings (SSSR count). The molecule has 0 saturated heterocycles. The van der Waals surface area contributed by atoms with Crippen LogP contribution in [0.15, 0.2) is 67.0 Å². The summed E-state index contributed by atoms with van der Waals surface area (Å²) in [7, 11) is 0. The van der Waals surface area contributed by atoms with Crippen molar-refractivity contribution in [2.24, 2.45) is 5.92 Å². The van der Waals surface area contributed by atoms with Crippen LogP contribution in [0.4, 0.5) is 11.6 Å². The molecule has 1 aliphatic rings. The standard InChI is InChI=1S/C20H22N6.C2H6/c1-4-6-10-15(5-2)22-19-16-17(21)23-18(24-20(16)26-25-19)14-9-7-8-13(3)11-12-14;1-2/h4-13H,2H2,1,3H3,(H4,21,22,23,24,25,26);1-2H3/b6-4-,15-10+;. The van der Waals surface area contributed by atoms with Crippen LogP contribution in [0.3, 0.4) is 0 Å². The molecule has 0 amide bonds. The van der Waals surface area contributed by atoms with Gasteiger partial charge in [0.15, 0.2) is 11.5 Å². The number of nitrogens with one attached hydrogen (secondary N) is 2. The summed E-state index contributed by atoms with van der Waals surface area (Å²) in [6, 6.07) is 0. The first kappa shape index (κ1) is 20.9. The molecule has 0 fully saturated rings. The second-order valence-corrected chi connectivity index (χ2v) is 5.93. The highest BCUT2D eigenvalue weighted by Crippen LogP contribution is 2.27. The SMILES string of the molecule is C=C/C(=C\C=C/C)Nc1[nH]nc2nc(C3=CC=CC(C)C=C3)nc(N)c12.CC. The molecule has 2 aromatic heterocycles. The summed E-state index contributed by atoms with van der Waals surface area (Å²) >= 11 is 0. The van der Waals surface area contributed by atoms with Gasteiger partial charge in [-0.1, -0.05) is 69.9 Å². The van der Waals surface area contributed by atoms with Gasteiger partial charge in [-0.15, -0.1) is 0 Å². The first-order valence-corrected chi connectivity index (χ1v) is 9.43. The van der Waals surface area contributed by atoms with Crippen LogP contribution < -0.4 is 11.1 Å². The van der Waals surface area contributed by atoms with Gasteiger partial charge in [0.2, 0.25) is 0 Å². The monoisotopic (exact) mass is 376 g/mol. The van der Waals surface area contributed by atoms with E-state index in [0.717, 1.165) is 11.3 Å². The lowest BCUT2D eigenvalue weighted by atomic mass is 10.1. The average molecular weight is 377 g/mol. The van der Waals surface area contributed by atoms with E-state index in [2.05, 4.69) is 51.1 Å². The van der Waals surface area contributed by atoms with Crippen LogP contribution in [0.25, 0.3) is 16.6 Å². The Balaban J connectivity index is 0.00000136.